The van der Waals surface area contributed by atoms with Crippen molar-refractivity contribution in [2.75, 3.05) is 12.3 Å². The van der Waals surface area contributed by atoms with Gasteiger partial charge in [-0.3, -0.25) is 9.59 Å². The largest absolute Gasteiger partial charge is 0.397 e. The number of halogens is 3. The smallest absolute Gasteiger partial charge is 0.220 e. The van der Waals surface area contributed by atoms with Gasteiger partial charge < -0.3 is 16.8 Å². The monoisotopic (exact) mass is 497 g/mol. The van der Waals surface area contributed by atoms with Crippen molar-refractivity contribution >= 4 is 65.3 Å². The second kappa shape index (κ2) is 8.88. The van der Waals surface area contributed by atoms with Crippen LogP contribution in [0.25, 0.3) is 0 Å². The van der Waals surface area contributed by atoms with Crippen LogP contribution in [-0.4, -0.2) is 18.4 Å². The van der Waals surface area contributed by atoms with Gasteiger partial charge in [-0.15, -0.1) is 0 Å². The summed E-state index contributed by atoms with van der Waals surface area (Å²) in [4.78, 5) is 21.0. The molecule has 1 unspecified atom stereocenters. The third kappa shape index (κ3) is 5.24. The summed E-state index contributed by atoms with van der Waals surface area (Å²) in [5, 5.41) is 2.82. The number of carbonyl (C=O) groups excluding carboxylic acids is 2. The van der Waals surface area contributed by atoms with Crippen molar-refractivity contribution in [2.45, 2.75) is 32.1 Å². The maximum Gasteiger partial charge on any atom is 0.220 e. The number of nitrogens with two attached hydrogens (primary N) is 2. The Morgan fingerprint density at radius 2 is 2.00 bits per heavy atom. The molecule has 0 radical (unpaired) electrons. The third-order valence-electron chi connectivity index (χ3n) is 3.12. The van der Waals surface area contributed by atoms with Crippen molar-refractivity contribution < 1.29 is 9.59 Å². The highest BCUT2D eigenvalue weighted by molar-refractivity contribution is 9.11. The number of anilines is 1. The first-order valence-electron chi connectivity index (χ1n) is 6.75. The second-order valence-electron chi connectivity index (χ2n) is 4.90. The Labute approximate surface area is 155 Å². The average Bonchev–Trinajstić information content (AvgIpc) is 2.83. The molecule has 0 bridgehead atoms. The number of primary amides is 1. The van der Waals surface area contributed by atoms with Crippen molar-refractivity contribution in [3.8, 4) is 0 Å². The summed E-state index contributed by atoms with van der Waals surface area (Å²) < 4.78 is 2.66. The van der Waals surface area contributed by atoms with Crippen LogP contribution in [0.4, 0.5) is 5.69 Å². The molecule has 5 nitrogen and oxygen atoms in total. The normalized spacial score (nSPS) is 16.7. The van der Waals surface area contributed by atoms with E-state index in [2.05, 4.69) is 53.1 Å². The first kappa shape index (κ1) is 19.4. The highest BCUT2D eigenvalue weighted by atomic mass is 79.9. The topological polar surface area (TPSA) is 98.2 Å². The molecule has 5 N–H and O–H groups in total. The molecule has 22 heavy (non-hydrogen) atoms. The lowest BCUT2D eigenvalue weighted by Gasteiger charge is -2.15. The van der Waals surface area contributed by atoms with Gasteiger partial charge in [-0.2, -0.15) is 0 Å². The summed E-state index contributed by atoms with van der Waals surface area (Å²) in [6, 6.07) is 1.91. The number of hydrogen-bond acceptors (Lipinski definition) is 3. The van der Waals surface area contributed by atoms with Gasteiger partial charge >= 0.3 is 0 Å². The van der Waals surface area contributed by atoms with Crippen LogP contribution >= 0.6 is 47.8 Å². The van der Waals surface area contributed by atoms with E-state index in [0.29, 0.717) is 25.1 Å². The standard InChI is InChI=1S/C10H9Br3N2O.C4H9NO/c11-5-2-6(12)10(14)9(13)8(5)4-1-7(16)15-3-4;1-2-3-4(5)6/h2,4H,1,3,14H2,(H,15,16);2-3H2,1H3,(H2,5,6). The Bertz CT molecular complexity index is 579. The van der Waals surface area contributed by atoms with Gasteiger partial charge in [0, 0.05) is 38.7 Å². The summed E-state index contributed by atoms with van der Waals surface area (Å²) in [5.41, 5.74) is 12.4. The molecular formula is C14H18Br3N3O2. The van der Waals surface area contributed by atoms with Gasteiger partial charge in [-0.25, -0.2) is 0 Å². The molecule has 1 fully saturated rings. The van der Waals surface area contributed by atoms with E-state index in [9.17, 15) is 9.59 Å². The first-order chi connectivity index (χ1) is 10.3. The summed E-state index contributed by atoms with van der Waals surface area (Å²) >= 11 is 10.4. The van der Waals surface area contributed by atoms with E-state index in [0.717, 1.165) is 25.4 Å². The summed E-state index contributed by atoms with van der Waals surface area (Å²) in [6.07, 6.45) is 1.88. The molecule has 0 aliphatic carbocycles. The van der Waals surface area contributed by atoms with Gasteiger partial charge in [0.2, 0.25) is 11.8 Å². The van der Waals surface area contributed by atoms with Crippen LogP contribution < -0.4 is 16.8 Å². The molecule has 1 atom stereocenters. The van der Waals surface area contributed by atoms with Gasteiger partial charge in [0.25, 0.3) is 0 Å². The van der Waals surface area contributed by atoms with Crippen molar-refractivity contribution in [1.82, 2.24) is 5.32 Å². The molecule has 1 aromatic rings. The van der Waals surface area contributed by atoms with E-state index >= 15 is 0 Å². The fourth-order valence-corrected chi connectivity index (χ4v) is 4.82. The second-order valence-corrected chi connectivity index (χ2v) is 7.40. The number of benzene rings is 1. The lowest BCUT2D eigenvalue weighted by molar-refractivity contribution is -0.119. The molecule has 2 amide bonds. The number of nitrogens with one attached hydrogen (secondary N) is 1. The van der Waals surface area contributed by atoms with Gasteiger partial charge in [-0.1, -0.05) is 22.9 Å². The van der Waals surface area contributed by atoms with E-state index in [1.54, 1.807) is 0 Å². The van der Waals surface area contributed by atoms with E-state index in [-0.39, 0.29) is 17.7 Å². The van der Waals surface area contributed by atoms with E-state index in [1.807, 2.05) is 13.0 Å². The molecule has 0 saturated carbocycles. The van der Waals surface area contributed by atoms with Gasteiger partial charge in [0.15, 0.2) is 0 Å². The molecule has 8 heteroatoms. The molecule has 122 valence electrons. The third-order valence-corrected chi connectivity index (χ3v) is 5.29. The molecule has 1 aliphatic heterocycles. The molecule has 1 heterocycles. The number of hydrogen-bond donors (Lipinski definition) is 3. The molecular weight excluding hydrogens is 482 g/mol. The van der Waals surface area contributed by atoms with Crippen molar-refractivity contribution in [2.24, 2.45) is 5.73 Å². The van der Waals surface area contributed by atoms with E-state index < -0.39 is 0 Å². The SMILES string of the molecule is CCCC(N)=O.Nc1c(Br)cc(Br)c(C2CNC(=O)C2)c1Br. The average molecular weight is 500 g/mol. The van der Waals surface area contributed by atoms with Crippen LogP contribution in [0.3, 0.4) is 0 Å². The minimum Gasteiger partial charge on any atom is -0.397 e. The van der Waals surface area contributed by atoms with E-state index in [4.69, 9.17) is 11.5 Å². The molecule has 1 aromatic carbocycles. The van der Waals surface area contributed by atoms with Crippen molar-refractivity contribution in [3.05, 3.63) is 25.0 Å². The lowest BCUT2D eigenvalue weighted by atomic mass is 9.98. The first-order valence-corrected chi connectivity index (χ1v) is 9.13. The number of rotatable bonds is 3. The molecule has 2 rings (SSSR count). The number of amides is 2. The van der Waals surface area contributed by atoms with Crippen LogP contribution in [0.5, 0.6) is 0 Å². The Morgan fingerprint density at radius 1 is 1.36 bits per heavy atom. The van der Waals surface area contributed by atoms with Crippen LogP contribution in [0, 0.1) is 0 Å². The highest BCUT2D eigenvalue weighted by Gasteiger charge is 2.27. The predicted molar refractivity (Wildman–Crippen MR) is 98.4 cm³/mol. The van der Waals surface area contributed by atoms with Gasteiger partial charge in [0.05, 0.1) is 5.69 Å². The lowest BCUT2D eigenvalue weighted by Crippen LogP contribution is -2.13. The predicted octanol–water partition coefficient (Wildman–Crippen LogP) is 3.43. The molecule has 0 aromatic heterocycles. The fourth-order valence-electron chi connectivity index (χ4n) is 2.05. The summed E-state index contributed by atoms with van der Waals surface area (Å²) in [7, 11) is 0. The summed E-state index contributed by atoms with van der Waals surface area (Å²) in [5.74, 6) is 0.0504. The Balaban J connectivity index is 0.000000346. The minimum absolute atomic E-state index is 0.0882. The maximum absolute atomic E-state index is 11.2. The van der Waals surface area contributed by atoms with Crippen LogP contribution in [-0.2, 0) is 9.59 Å². The number of carbonyl (C=O) groups is 2. The van der Waals surface area contributed by atoms with Crippen LogP contribution in [0.15, 0.2) is 19.5 Å². The maximum atomic E-state index is 11.2. The minimum atomic E-state index is -0.211. The quantitative estimate of drug-likeness (QED) is 0.556. The van der Waals surface area contributed by atoms with Gasteiger partial charge in [0.1, 0.15) is 0 Å². The highest BCUT2D eigenvalue weighted by Crippen LogP contribution is 2.42. The van der Waals surface area contributed by atoms with Gasteiger partial charge in [-0.05, 0) is 49.9 Å². The van der Waals surface area contributed by atoms with Crippen molar-refractivity contribution in [3.63, 3.8) is 0 Å². The number of nitrogen functional groups attached to an aromatic ring is 1. The van der Waals surface area contributed by atoms with E-state index in [1.165, 1.54) is 0 Å². The van der Waals surface area contributed by atoms with Crippen LogP contribution in [0.1, 0.15) is 37.7 Å². The van der Waals surface area contributed by atoms with Crippen LogP contribution in [0.2, 0.25) is 0 Å². The molecule has 1 saturated heterocycles. The Morgan fingerprint density at radius 3 is 2.41 bits per heavy atom. The Hall–Kier alpha value is -0.600. The zero-order valence-electron chi connectivity index (χ0n) is 12.1. The molecule has 0 spiro atoms. The zero-order chi connectivity index (χ0) is 16.9. The molecule has 1 aliphatic rings. The summed E-state index contributed by atoms with van der Waals surface area (Å²) in [6.45, 7) is 2.59. The Kier molecular flexibility index (Phi) is 7.85. The van der Waals surface area contributed by atoms with Crippen molar-refractivity contribution in [1.29, 1.82) is 0 Å². The fraction of sp³-hybridized carbons (Fsp3) is 0.429. The zero-order valence-corrected chi connectivity index (χ0v) is 16.8.